The molecule has 2 N–H and O–H groups in total. The maximum absolute atomic E-state index is 12.5. The molecule has 1 aromatic rings. The van der Waals surface area contributed by atoms with Crippen LogP contribution in [0.5, 0.6) is 0 Å². The molecule has 0 aromatic carbocycles. The molecular weight excluding hydrogens is 280 g/mol. The molecule has 6 heteroatoms. The van der Waals surface area contributed by atoms with Gasteiger partial charge in [0.05, 0.1) is 0 Å². The van der Waals surface area contributed by atoms with Crippen molar-refractivity contribution in [3.63, 3.8) is 0 Å². The zero-order valence-electron chi connectivity index (χ0n) is 11.7. The average Bonchev–Trinajstić information content (AvgIpc) is 2.76. The molecule has 0 saturated heterocycles. The lowest BCUT2D eigenvalue weighted by molar-refractivity contribution is 0.174. The Morgan fingerprint density at radius 3 is 2.42 bits per heavy atom. The van der Waals surface area contributed by atoms with E-state index in [-0.39, 0.29) is 6.04 Å². The van der Waals surface area contributed by atoms with E-state index < -0.39 is 10.0 Å². The van der Waals surface area contributed by atoms with Gasteiger partial charge in [-0.05, 0) is 37.2 Å². The molecule has 0 radical (unpaired) electrons. The molecule has 0 unspecified atom stereocenters. The predicted molar refractivity (Wildman–Crippen MR) is 79.7 cm³/mol. The highest BCUT2D eigenvalue weighted by Gasteiger charge is 2.34. The molecule has 1 saturated carbocycles. The quantitative estimate of drug-likeness (QED) is 0.933. The zero-order chi connectivity index (χ0) is 14.3. The molecule has 19 heavy (non-hydrogen) atoms. The molecule has 108 valence electrons. The Kier molecular flexibility index (Phi) is 3.95. The number of thiophene rings is 1. The van der Waals surface area contributed by atoms with E-state index >= 15 is 0 Å². The SMILES string of the molecule is CN(C1CCC(C)(C)CC1)S(=O)(=O)c1cc(N)cs1. The first-order chi connectivity index (χ1) is 8.72. The van der Waals surface area contributed by atoms with Crippen LogP contribution in [0.3, 0.4) is 0 Å². The molecule has 1 aliphatic rings. The van der Waals surface area contributed by atoms with Crippen LogP contribution in [0.15, 0.2) is 15.7 Å². The monoisotopic (exact) mass is 302 g/mol. The summed E-state index contributed by atoms with van der Waals surface area (Å²) in [5.41, 5.74) is 6.47. The van der Waals surface area contributed by atoms with Gasteiger partial charge in [0.25, 0.3) is 10.0 Å². The van der Waals surface area contributed by atoms with E-state index in [2.05, 4.69) is 13.8 Å². The van der Waals surface area contributed by atoms with Crippen molar-refractivity contribution in [3.05, 3.63) is 11.4 Å². The van der Waals surface area contributed by atoms with Crippen LogP contribution in [-0.2, 0) is 10.0 Å². The van der Waals surface area contributed by atoms with E-state index in [0.29, 0.717) is 15.3 Å². The van der Waals surface area contributed by atoms with Crippen LogP contribution in [0.25, 0.3) is 0 Å². The fourth-order valence-corrected chi connectivity index (χ4v) is 5.23. The first-order valence-corrected chi connectivity index (χ1v) is 8.86. The summed E-state index contributed by atoms with van der Waals surface area (Å²) in [5.74, 6) is 0. The van der Waals surface area contributed by atoms with Crippen molar-refractivity contribution < 1.29 is 8.42 Å². The Labute approximate surface area is 119 Å². The summed E-state index contributed by atoms with van der Waals surface area (Å²) in [7, 11) is -1.69. The highest BCUT2D eigenvalue weighted by Crippen LogP contribution is 2.38. The zero-order valence-corrected chi connectivity index (χ0v) is 13.4. The lowest BCUT2D eigenvalue weighted by atomic mass is 9.76. The maximum atomic E-state index is 12.5. The van der Waals surface area contributed by atoms with Gasteiger partial charge in [0, 0.05) is 24.2 Å². The van der Waals surface area contributed by atoms with Crippen LogP contribution in [0, 0.1) is 5.41 Å². The van der Waals surface area contributed by atoms with E-state index in [1.165, 1.54) is 15.6 Å². The Balaban J connectivity index is 2.14. The largest absolute Gasteiger partial charge is 0.398 e. The minimum atomic E-state index is -3.38. The number of nitrogens with zero attached hydrogens (tertiary/aromatic N) is 1. The normalized spacial score (nSPS) is 20.8. The van der Waals surface area contributed by atoms with Gasteiger partial charge in [-0.1, -0.05) is 13.8 Å². The van der Waals surface area contributed by atoms with Gasteiger partial charge < -0.3 is 5.73 Å². The van der Waals surface area contributed by atoms with Crippen molar-refractivity contribution in [1.82, 2.24) is 4.31 Å². The molecule has 2 rings (SSSR count). The van der Waals surface area contributed by atoms with Gasteiger partial charge in [0.2, 0.25) is 0 Å². The molecule has 4 nitrogen and oxygen atoms in total. The van der Waals surface area contributed by atoms with Crippen LogP contribution >= 0.6 is 11.3 Å². The number of nitrogens with two attached hydrogens (primary N) is 1. The van der Waals surface area contributed by atoms with Crippen LogP contribution in [0.4, 0.5) is 5.69 Å². The number of sulfonamides is 1. The number of hydrogen-bond donors (Lipinski definition) is 1. The van der Waals surface area contributed by atoms with Crippen molar-refractivity contribution >= 4 is 27.0 Å². The van der Waals surface area contributed by atoms with E-state index in [4.69, 9.17) is 5.73 Å². The summed E-state index contributed by atoms with van der Waals surface area (Å²) < 4.78 is 26.9. The van der Waals surface area contributed by atoms with E-state index in [1.807, 2.05) is 0 Å². The second-order valence-corrected chi connectivity index (χ2v) is 9.25. The van der Waals surface area contributed by atoms with Crippen molar-refractivity contribution in [2.45, 2.75) is 49.8 Å². The van der Waals surface area contributed by atoms with Crippen LogP contribution in [0.1, 0.15) is 39.5 Å². The number of hydrogen-bond acceptors (Lipinski definition) is 4. The Hall–Kier alpha value is -0.590. The Morgan fingerprint density at radius 2 is 1.95 bits per heavy atom. The van der Waals surface area contributed by atoms with Gasteiger partial charge in [-0.2, -0.15) is 4.31 Å². The Morgan fingerprint density at radius 1 is 1.37 bits per heavy atom. The minimum Gasteiger partial charge on any atom is -0.398 e. The first-order valence-electron chi connectivity index (χ1n) is 6.54. The second-order valence-electron chi connectivity index (χ2n) is 6.12. The van der Waals surface area contributed by atoms with Crippen LogP contribution in [0.2, 0.25) is 0 Å². The Bertz CT molecular complexity index is 539. The van der Waals surface area contributed by atoms with Crippen molar-refractivity contribution in [3.8, 4) is 0 Å². The van der Waals surface area contributed by atoms with Crippen molar-refractivity contribution in [1.29, 1.82) is 0 Å². The minimum absolute atomic E-state index is 0.112. The van der Waals surface area contributed by atoms with E-state index in [9.17, 15) is 8.42 Å². The highest BCUT2D eigenvalue weighted by atomic mass is 32.2. The van der Waals surface area contributed by atoms with Crippen LogP contribution in [-0.4, -0.2) is 25.8 Å². The molecule has 0 spiro atoms. The lowest BCUT2D eigenvalue weighted by Crippen LogP contribution is -2.40. The molecule has 1 heterocycles. The van der Waals surface area contributed by atoms with Gasteiger partial charge >= 0.3 is 0 Å². The van der Waals surface area contributed by atoms with Crippen molar-refractivity contribution in [2.24, 2.45) is 5.41 Å². The number of anilines is 1. The highest BCUT2D eigenvalue weighted by molar-refractivity contribution is 7.91. The maximum Gasteiger partial charge on any atom is 0.252 e. The van der Waals surface area contributed by atoms with Gasteiger partial charge in [-0.15, -0.1) is 11.3 Å². The predicted octanol–water partition coefficient (Wildman–Crippen LogP) is 2.92. The molecule has 0 aliphatic heterocycles. The fourth-order valence-electron chi connectivity index (χ4n) is 2.55. The molecule has 1 aromatic heterocycles. The summed E-state index contributed by atoms with van der Waals surface area (Å²) in [6.45, 7) is 4.50. The second kappa shape index (κ2) is 5.07. The standard InChI is InChI=1S/C13H22N2O2S2/c1-13(2)6-4-11(5-7-13)15(3)19(16,17)12-8-10(14)9-18-12/h8-9,11H,4-7,14H2,1-3H3. The number of rotatable bonds is 3. The van der Waals surface area contributed by atoms with Gasteiger partial charge in [0.15, 0.2) is 0 Å². The summed E-state index contributed by atoms with van der Waals surface area (Å²) in [6, 6.07) is 1.66. The molecule has 0 bridgehead atoms. The van der Waals surface area contributed by atoms with E-state index in [1.54, 1.807) is 18.5 Å². The smallest absolute Gasteiger partial charge is 0.252 e. The van der Waals surface area contributed by atoms with Crippen LogP contribution < -0.4 is 5.73 Å². The van der Waals surface area contributed by atoms with E-state index in [0.717, 1.165) is 25.7 Å². The molecule has 0 atom stereocenters. The van der Waals surface area contributed by atoms with Crippen molar-refractivity contribution in [2.75, 3.05) is 12.8 Å². The summed E-state index contributed by atoms with van der Waals surface area (Å²) in [4.78, 5) is 0. The average molecular weight is 302 g/mol. The number of nitrogen functional groups attached to an aromatic ring is 1. The third kappa shape index (κ3) is 3.12. The van der Waals surface area contributed by atoms with Gasteiger partial charge in [-0.3, -0.25) is 0 Å². The molecule has 1 aliphatic carbocycles. The summed E-state index contributed by atoms with van der Waals surface area (Å²) in [5, 5.41) is 1.67. The fraction of sp³-hybridized carbons (Fsp3) is 0.692. The lowest BCUT2D eigenvalue weighted by Gasteiger charge is -2.37. The summed E-state index contributed by atoms with van der Waals surface area (Å²) >= 11 is 1.19. The third-order valence-corrected chi connectivity index (χ3v) is 7.40. The summed E-state index contributed by atoms with van der Waals surface area (Å²) in [6.07, 6.45) is 4.02. The molecule has 0 amide bonds. The molecular formula is C13H22N2O2S2. The van der Waals surface area contributed by atoms with Gasteiger partial charge in [0.1, 0.15) is 4.21 Å². The topological polar surface area (TPSA) is 63.4 Å². The molecule has 1 fully saturated rings. The third-order valence-electron chi connectivity index (χ3n) is 4.05. The van der Waals surface area contributed by atoms with Gasteiger partial charge in [-0.25, -0.2) is 8.42 Å². The first kappa shape index (κ1) is 14.8.